The third-order valence-electron chi connectivity index (χ3n) is 4.01. The van der Waals surface area contributed by atoms with Gasteiger partial charge in [-0.05, 0) is 29.8 Å². The van der Waals surface area contributed by atoms with Gasteiger partial charge < -0.3 is 18.9 Å². The molecule has 1 atom stereocenters. The molecule has 2 aliphatic rings. The maximum Gasteiger partial charge on any atom is 0.284 e. The summed E-state index contributed by atoms with van der Waals surface area (Å²) in [5, 5.41) is 4.40. The average Bonchev–Trinajstić information content (AvgIpc) is 2.93. The lowest BCUT2D eigenvalue weighted by Crippen LogP contribution is -2.42. The van der Waals surface area contributed by atoms with Crippen LogP contribution in [-0.4, -0.2) is 38.0 Å². The van der Waals surface area contributed by atoms with Gasteiger partial charge in [-0.3, -0.25) is 4.79 Å². The first-order valence-electron chi connectivity index (χ1n) is 8.51. The normalized spacial score (nSPS) is 18.0. The molecule has 0 unspecified atom stereocenters. The Morgan fingerprint density at radius 2 is 1.93 bits per heavy atom. The number of fused-ring (bicyclic) bond motifs is 2. The van der Waals surface area contributed by atoms with Gasteiger partial charge in [0.2, 0.25) is 6.10 Å². The summed E-state index contributed by atoms with van der Waals surface area (Å²) in [6.07, 6.45) is 1.50. The number of rotatable bonds is 3. The van der Waals surface area contributed by atoms with Crippen LogP contribution in [0.4, 0.5) is 0 Å². The van der Waals surface area contributed by atoms with Crippen LogP contribution in [0.15, 0.2) is 41.5 Å². The Bertz CT molecular complexity index is 886. The molecule has 0 saturated heterocycles. The van der Waals surface area contributed by atoms with E-state index in [0.29, 0.717) is 46.8 Å². The summed E-state index contributed by atoms with van der Waals surface area (Å²) in [6, 6.07) is 10.6. The topological polar surface area (TPSA) is 78.4 Å². The second kappa shape index (κ2) is 7.75. The van der Waals surface area contributed by atoms with Gasteiger partial charge in [0.05, 0.1) is 24.5 Å². The molecule has 0 aliphatic carbocycles. The van der Waals surface area contributed by atoms with Crippen LogP contribution in [0.5, 0.6) is 23.0 Å². The predicted molar refractivity (Wildman–Crippen MR) is 99.1 cm³/mol. The number of carbonyl (C=O) groups excluding carboxylic acids is 1. The number of nitrogens with one attached hydrogen (secondary N) is 1. The van der Waals surface area contributed by atoms with Crippen LogP contribution in [-0.2, 0) is 4.79 Å². The van der Waals surface area contributed by atoms with E-state index >= 15 is 0 Å². The number of hydrogen-bond donors (Lipinski definition) is 1. The van der Waals surface area contributed by atoms with E-state index in [0.717, 1.165) is 6.42 Å². The zero-order valence-electron chi connectivity index (χ0n) is 14.3. The van der Waals surface area contributed by atoms with Gasteiger partial charge in [-0.15, -0.1) is 0 Å². The van der Waals surface area contributed by atoms with Crippen LogP contribution in [0.1, 0.15) is 12.0 Å². The molecular weight excluding hydrogens is 372 g/mol. The molecule has 27 heavy (non-hydrogen) atoms. The summed E-state index contributed by atoms with van der Waals surface area (Å²) >= 11 is 6.24. The van der Waals surface area contributed by atoms with Crippen molar-refractivity contribution in [2.75, 3.05) is 19.8 Å². The summed E-state index contributed by atoms with van der Waals surface area (Å²) in [5.41, 5.74) is 3.13. The quantitative estimate of drug-likeness (QED) is 0.646. The molecule has 0 fully saturated rings. The number of carbonyl (C=O) groups is 1. The van der Waals surface area contributed by atoms with Crippen molar-refractivity contribution >= 4 is 23.7 Å². The first kappa shape index (κ1) is 17.5. The monoisotopic (exact) mass is 388 g/mol. The number of ether oxygens (including phenoxy) is 4. The van der Waals surface area contributed by atoms with E-state index in [4.69, 9.17) is 30.5 Å². The summed E-state index contributed by atoms with van der Waals surface area (Å²) < 4.78 is 22.4. The van der Waals surface area contributed by atoms with Crippen molar-refractivity contribution in [1.82, 2.24) is 5.43 Å². The number of nitrogens with zero attached hydrogens (tertiary/aromatic N) is 1. The fraction of sp³-hybridized carbons (Fsp3) is 0.263. The number of hydrogen-bond acceptors (Lipinski definition) is 6. The highest BCUT2D eigenvalue weighted by molar-refractivity contribution is 6.32. The Morgan fingerprint density at radius 1 is 1.11 bits per heavy atom. The highest BCUT2D eigenvalue weighted by Gasteiger charge is 2.27. The molecule has 1 N–H and O–H groups in total. The maximum atomic E-state index is 12.2. The minimum absolute atomic E-state index is 0.119. The zero-order chi connectivity index (χ0) is 18.6. The van der Waals surface area contributed by atoms with Crippen LogP contribution in [0.25, 0.3) is 0 Å². The second-order valence-corrected chi connectivity index (χ2v) is 6.39. The third-order valence-corrected chi connectivity index (χ3v) is 4.29. The predicted octanol–water partition coefficient (Wildman–Crippen LogP) is 2.79. The molecule has 2 heterocycles. The van der Waals surface area contributed by atoms with Crippen molar-refractivity contribution in [2.24, 2.45) is 5.10 Å². The van der Waals surface area contributed by atoms with E-state index < -0.39 is 12.0 Å². The minimum Gasteiger partial charge on any atom is -0.489 e. The van der Waals surface area contributed by atoms with Gasteiger partial charge in [0, 0.05) is 6.42 Å². The van der Waals surface area contributed by atoms with Gasteiger partial charge in [-0.1, -0.05) is 23.7 Å². The molecule has 7 nitrogen and oxygen atoms in total. The molecule has 0 spiro atoms. The molecular formula is C19H17ClN2O5. The van der Waals surface area contributed by atoms with E-state index in [-0.39, 0.29) is 6.61 Å². The highest BCUT2D eigenvalue weighted by Crippen LogP contribution is 2.37. The number of amides is 1. The van der Waals surface area contributed by atoms with Gasteiger partial charge >= 0.3 is 0 Å². The average molecular weight is 389 g/mol. The molecule has 0 aromatic heterocycles. The van der Waals surface area contributed by atoms with Crippen molar-refractivity contribution in [2.45, 2.75) is 12.5 Å². The standard InChI is InChI=1S/C19H17ClN2O5/c20-13-8-12(9-16-18(13)25-7-3-6-24-16)10-21-22-19(23)17-11-26-14-4-1-2-5-15(14)27-17/h1-2,4-5,8-10,17H,3,6-7,11H2,(H,22,23)/b21-10-/t17-/m0/s1. The van der Waals surface area contributed by atoms with Crippen LogP contribution >= 0.6 is 11.6 Å². The fourth-order valence-electron chi connectivity index (χ4n) is 2.72. The van der Waals surface area contributed by atoms with Crippen molar-refractivity contribution in [3.63, 3.8) is 0 Å². The van der Waals surface area contributed by atoms with Crippen molar-refractivity contribution in [3.05, 3.63) is 47.0 Å². The molecule has 0 bridgehead atoms. The lowest BCUT2D eigenvalue weighted by atomic mass is 10.2. The molecule has 1 amide bonds. The molecule has 0 saturated carbocycles. The van der Waals surface area contributed by atoms with Gasteiger partial charge in [0.1, 0.15) is 6.61 Å². The Kier molecular flexibility index (Phi) is 5.02. The molecule has 2 aromatic carbocycles. The smallest absolute Gasteiger partial charge is 0.284 e. The second-order valence-electron chi connectivity index (χ2n) is 5.98. The van der Waals surface area contributed by atoms with E-state index in [1.807, 2.05) is 12.1 Å². The number of hydrazone groups is 1. The SMILES string of the molecule is O=C(N/N=C\c1cc(Cl)c2c(c1)OCCCO2)[C@@H]1COc2ccccc2O1. The minimum atomic E-state index is -0.774. The van der Waals surface area contributed by atoms with Gasteiger partial charge in [0.25, 0.3) is 5.91 Å². The van der Waals surface area contributed by atoms with E-state index in [1.165, 1.54) is 6.21 Å². The third kappa shape index (κ3) is 3.93. The molecule has 2 aromatic rings. The van der Waals surface area contributed by atoms with Crippen LogP contribution in [0.2, 0.25) is 5.02 Å². The lowest BCUT2D eigenvalue weighted by molar-refractivity contribution is -0.130. The largest absolute Gasteiger partial charge is 0.489 e. The van der Waals surface area contributed by atoms with Crippen molar-refractivity contribution in [3.8, 4) is 23.0 Å². The Balaban J connectivity index is 1.40. The number of benzene rings is 2. The first-order valence-corrected chi connectivity index (χ1v) is 8.89. The number of halogens is 1. The molecule has 4 rings (SSSR count). The van der Waals surface area contributed by atoms with Crippen molar-refractivity contribution in [1.29, 1.82) is 0 Å². The Morgan fingerprint density at radius 3 is 2.81 bits per heavy atom. The van der Waals surface area contributed by atoms with Gasteiger partial charge in [-0.2, -0.15) is 5.10 Å². The van der Waals surface area contributed by atoms with Crippen LogP contribution in [0, 0.1) is 0 Å². The zero-order valence-corrected chi connectivity index (χ0v) is 15.1. The molecule has 8 heteroatoms. The van der Waals surface area contributed by atoms with Crippen LogP contribution in [0.3, 0.4) is 0 Å². The summed E-state index contributed by atoms with van der Waals surface area (Å²) in [4.78, 5) is 12.2. The molecule has 2 aliphatic heterocycles. The van der Waals surface area contributed by atoms with E-state index in [2.05, 4.69) is 10.5 Å². The Labute approximate surface area is 160 Å². The summed E-state index contributed by atoms with van der Waals surface area (Å²) in [5.74, 6) is 1.84. The van der Waals surface area contributed by atoms with Gasteiger partial charge in [0.15, 0.2) is 23.0 Å². The Hall–Kier alpha value is -2.93. The summed E-state index contributed by atoms with van der Waals surface area (Å²) in [6.45, 7) is 1.23. The van der Waals surface area contributed by atoms with Gasteiger partial charge in [-0.25, -0.2) is 5.43 Å². The van der Waals surface area contributed by atoms with Crippen molar-refractivity contribution < 1.29 is 23.7 Å². The summed E-state index contributed by atoms with van der Waals surface area (Å²) in [7, 11) is 0. The maximum absolute atomic E-state index is 12.2. The number of para-hydroxylation sites is 2. The first-order chi connectivity index (χ1) is 13.2. The molecule has 0 radical (unpaired) electrons. The highest BCUT2D eigenvalue weighted by atomic mass is 35.5. The van der Waals surface area contributed by atoms with E-state index in [9.17, 15) is 4.79 Å². The van der Waals surface area contributed by atoms with Crippen LogP contribution < -0.4 is 24.4 Å². The fourth-order valence-corrected chi connectivity index (χ4v) is 2.99. The lowest BCUT2D eigenvalue weighted by Gasteiger charge is -2.24. The van der Waals surface area contributed by atoms with E-state index in [1.54, 1.807) is 24.3 Å². The molecule has 140 valence electrons.